The molecule has 3 nitrogen and oxygen atoms in total. The lowest BCUT2D eigenvalue weighted by Crippen LogP contribution is -2.35. The van der Waals surface area contributed by atoms with Crippen LogP contribution in [0.4, 0.5) is 22.0 Å². The summed E-state index contributed by atoms with van der Waals surface area (Å²) < 4.78 is 70.4. The fraction of sp³-hybridized carbons (Fsp3) is 0.615. The molecule has 0 unspecified atom stereocenters. The van der Waals surface area contributed by atoms with Crippen molar-refractivity contribution in [1.82, 2.24) is 4.98 Å². The van der Waals surface area contributed by atoms with E-state index in [1.54, 1.807) is 0 Å². The van der Waals surface area contributed by atoms with Gasteiger partial charge in [0.1, 0.15) is 24.6 Å². The number of fused-ring (bicyclic) bond motifs is 1. The Morgan fingerprint density at radius 2 is 1.90 bits per heavy atom. The molecule has 0 bridgehead atoms. The Morgan fingerprint density at radius 3 is 2.48 bits per heavy atom. The predicted molar refractivity (Wildman–Crippen MR) is 61.3 cm³/mol. The molecule has 1 heterocycles. The standard InChI is InChI=1S/C13H12F5NO2/c14-5-1-6(2-5)21-12-7-3-9(15)11(20)10(7)8(4-19-12)13(16,17)18/h4-6,9,11,20H,1-3H2/t5-,6-,9-,11-/m1/s1. The van der Waals surface area contributed by atoms with Gasteiger partial charge in [0.2, 0.25) is 5.88 Å². The average molecular weight is 309 g/mol. The van der Waals surface area contributed by atoms with Gasteiger partial charge in [-0.3, -0.25) is 0 Å². The summed E-state index contributed by atoms with van der Waals surface area (Å²) >= 11 is 0. The number of hydrogen-bond acceptors (Lipinski definition) is 3. The van der Waals surface area contributed by atoms with Gasteiger partial charge >= 0.3 is 6.18 Å². The van der Waals surface area contributed by atoms with E-state index in [9.17, 15) is 27.1 Å². The van der Waals surface area contributed by atoms with Crippen LogP contribution in [0.25, 0.3) is 0 Å². The number of nitrogens with zero attached hydrogens (tertiary/aromatic N) is 1. The molecule has 1 saturated carbocycles. The molecule has 21 heavy (non-hydrogen) atoms. The molecular weight excluding hydrogens is 297 g/mol. The Bertz CT molecular complexity index is 556. The minimum atomic E-state index is -4.73. The first-order chi connectivity index (χ1) is 9.77. The normalized spacial score (nSPS) is 31.7. The summed E-state index contributed by atoms with van der Waals surface area (Å²) in [5.74, 6) is -0.144. The van der Waals surface area contributed by atoms with E-state index in [1.807, 2.05) is 0 Å². The Hall–Kier alpha value is -1.44. The number of hydrogen-bond donors (Lipinski definition) is 1. The molecule has 3 rings (SSSR count). The van der Waals surface area contributed by atoms with Crippen LogP contribution in [-0.2, 0) is 12.6 Å². The molecule has 1 aromatic rings. The van der Waals surface area contributed by atoms with Crippen molar-refractivity contribution in [2.24, 2.45) is 0 Å². The fourth-order valence-corrected chi connectivity index (χ4v) is 2.65. The van der Waals surface area contributed by atoms with Crippen LogP contribution in [0.3, 0.4) is 0 Å². The molecule has 0 spiro atoms. The first-order valence-corrected chi connectivity index (χ1v) is 6.49. The van der Waals surface area contributed by atoms with E-state index in [0.29, 0.717) is 6.20 Å². The van der Waals surface area contributed by atoms with Gasteiger partial charge in [0.25, 0.3) is 0 Å². The number of pyridine rings is 1. The first kappa shape index (κ1) is 14.5. The highest BCUT2D eigenvalue weighted by molar-refractivity contribution is 5.47. The highest BCUT2D eigenvalue weighted by Crippen LogP contribution is 2.45. The van der Waals surface area contributed by atoms with E-state index in [2.05, 4.69) is 4.98 Å². The predicted octanol–water partition coefficient (Wildman–Crippen LogP) is 2.91. The van der Waals surface area contributed by atoms with E-state index in [-0.39, 0.29) is 24.3 Å². The smallest absolute Gasteiger partial charge is 0.418 e. The maximum absolute atomic E-state index is 13.6. The number of rotatable bonds is 2. The molecule has 0 aromatic carbocycles. The molecule has 8 heteroatoms. The summed E-state index contributed by atoms with van der Waals surface area (Å²) in [5.41, 5.74) is -1.75. The van der Waals surface area contributed by atoms with Crippen molar-refractivity contribution >= 4 is 0 Å². The van der Waals surface area contributed by atoms with Gasteiger partial charge in [-0.05, 0) is 0 Å². The molecule has 1 N–H and O–H groups in total. The van der Waals surface area contributed by atoms with E-state index in [0.717, 1.165) is 0 Å². The van der Waals surface area contributed by atoms with Crippen LogP contribution in [-0.4, -0.2) is 28.5 Å². The molecule has 0 radical (unpaired) electrons. The highest BCUT2D eigenvalue weighted by atomic mass is 19.4. The van der Waals surface area contributed by atoms with Crippen LogP contribution in [0.5, 0.6) is 5.88 Å². The van der Waals surface area contributed by atoms with Gasteiger partial charge in [-0.2, -0.15) is 13.2 Å². The monoisotopic (exact) mass is 309 g/mol. The second-order valence-electron chi connectivity index (χ2n) is 5.34. The Labute approximate surface area is 116 Å². The molecule has 116 valence electrons. The van der Waals surface area contributed by atoms with Crippen LogP contribution in [0.1, 0.15) is 35.6 Å². The van der Waals surface area contributed by atoms with Crippen molar-refractivity contribution < 1.29 is 31.8 Å². The van der Waals surface area contributed by atoms with E-state index >= 15 is 0 Å². The zero-order chi connectivity index (χ0) is 15.4. The zero-order valence-corrected chi connectivity index (χ0v) is 10.7. The van der Waals surface area contributed by atoms with E-state index < -0.39 is 48.3 Å². The molecule has 1 aromatic heterocycles. The summed E-state index contributed by atoms with van der Waals surface area (Å²) in [7, 11) is 0. The summed E-state index contributed by atoms with van der Waals surface area (Å²) in [6, 6.07) is 0. The number of halogens is 5. The fourth-order valence-electron chi connectivity index (χ4n) is 2.65. The lowest BCUT2D eigenvalue weighted by atomic mass is 9.93. The molecular formula is C13H12F5NO2. The lowest BCUT2D eigenvalue weighted by Gasteiger charge is -2.30. The second-order valence-corrected chi connectivity index (χ2v) is 5.34. The third-order valence-corrected chi connectivity index (χ3v) is 3.84. The number of aliphatic hydroxyl groups excluding tert-OH is 1. The molecule has 0 saturated heterocycles. The van der Waals surface area contributed by atoms with Gasteiger partial charge in [-0.1, -0.05) is 0 Å². The zero-order valence-electron chi connectivity index (χ0n) is 10.7. The van der Waals surface area contributed by atoms with Gasteiger partial charge < -0.3 is 9.84 Å². The largest absolute Gasteiger partial charge is 0.474 e. The van der Waals surface area contributed by atoms with Crippen LogP contribution in [0, 0.1) is 0 Å². The summed E-state index contributed by atoms with van der Waals surface area (Å²) in [4.78, 5) is 3.59. The van der Waals surface area contributed by atoms with E-state index in [4.69, 9.17) is 4.74 Å². The highest BCUT2D eigenvalue weighted by Gasteiger charge is 2.44. The quantitative estimate of drug-likeness (QED) is 0.854. The van der Waals surface area contributed by atoms with Crippen molar-refractivity contribution in [1.29, 1.82) is 0 Å². The topological polar surface area (TPSA) is 42.4 Å². The van der Waals surface area contributed by atoms with Crippen molar-refractivity contribution in [2.45, 2.75) is 50.0 Å². The Balaban J connectivity index is 1.97. The van der Waals surface area contributed by atoms with Gasteiger partial charge in [0.05, 0.1) is 5.56 Å². The molecule has 1 fully saturated rings. The number of aliphatic hydroxyl groups is 1. The average Bonchev–Trinajstić information content (AvgIpc) is 2.64. The van der Waals surface area contributed by atoms with Crippen molar-refractivity contribution in [3.63, 3.8) is 0 Å². The Morgan fingerprint density at radius 1 is 1.24 bits per heavy atom. The molecule has 0 aliphatic heterocycles. The summed E-state index contributed by atoms with van der Waals surface area (Å²) in [6.07, 6.45) is -9.46. The van der Waals surface area contributed by atoms with Crippen LogP contribution >= 0.6 is 0 Å². The third-order valence-electron chi connectivity index (χ3n) is 3.84. The van der Waals surface area contributed by atoms with Crippen molar-refractivity contribution in [3.8, 4) is 5.88 Å². The molecule has 2 aliphatic carbocycles. The SMILES string of the molecule is O[C@H]1c2c(C(F)(F)F)cnc(O[C@H]3C[C@H](F)C3)c2C[C@H]1F. The Kier molecular flexibility index (Phi) is 3.31. The maximum atomic E-state index is 13.6. The van der Waals surface area contributed by atoms with Gasteiger partial charge in [0.15, 0.2) is 0 Å². The van der Waals surface area contributed by atoms with Crippen molar-refractivity contribution in [2.75, 3.05) is 0 Å². The van der Waals surface area contributed by atoms with Gasteiger partial charge in [-0.25, -0.2) is 13.8 Å². The number of ether oxygens (including phenoxy) is 1. The summed E-state index contributed by atoms with van der Waals surface area (Å²) in [6.45, 7) is 0. The molecule has 2 atom stereocenters. The molecule has 2 aliphatic rings. The molecule has 0 amide bonds. The summed E-state index contributed by atoms with van der Waals surface area (Å²) in [5, 5.41) is 9.65. The third kappa shape index (κ3) is 2.45. The van der Waals surface area contributed by atoms with Crippen LogP contribution < -0.4 is 4.74 Å². The number of aromatic nitrogens is 1. The lowest BCUT2D eigenvalue weighted by molar-refractivity contribution is -0.139. The van der Waals surface area contributed by atoms with Gasteiger partial charge in [-0.15, -0.1) is 0 Å². The van der Waals surface area contributed by atoms with Crippen LogP contribution in [0.2, 0.25) is 0 Å². The minimum absolute atomic E-state index is 0.0767. The maximum Gasteiger partial charge on any atom is 0.418 e. The number of alkyl halides is 5. The second kappa shape index (κ2) is 4.79. The van der Waals surface area contributed by atoms with Gasteiger partial charge in [0, 0.05) is 36.6 Å². The minimum Gasteiger partial charge on any atom is -0.474 e. The first-order valence-electron chi connectivity index (χ1n) is 6.49. The van der Waals surface area contributed by atoms with Crippen molar-refractivity contribution in [3.05, 3.63) is 22.9 Å². The van der Waals surface area contributed by atoms with E-state index in [1.165, 1.54) is 0 Å². The van der Waals surface area contributed by atoms with Crippen LogP contribution in [0.15, 0.2) is 6.20 Å².